The molecule has 0 fully saturated rings. The van der Waals surface area contributed by atoms with Crippen LogP contribution in [0.1, 0.15) is 37.5 Å². The SMILES string of the molecule is Cc1cc(C(C)(C)C)cc(C)c1-c1cc2nc(-c3cccc(-c4ccccc4)c3)ccc2o1. The van der Waals surface area contributed by atoms with Gasteiger partial charge in [-0.1, -0.05) is 81.4 Å². The van der Waals surface area contributed by atoms with Gasteiger partial charge in [-0.25, -0.2) is 4.98 Å². The van der Waals surface area contributed by atoms with E-state index in [1.165, 1.54) is 27.8 Å². The highest BCUT2D eigenvalue weighted by Gasteiger charge is 2.19. The minimum Gasteiger partial charge on any atom is -0.454 e. The quantitative estimate of drug-likeness (QED) is 0.285. The summed E-state index contributed by atoms with van der Waals surface area (Å²) in [5, 5.41) is 0. The predicted molar refractivity (Wildman–Crippen MR) is 138 cm³/mol. The van der Waals surface area contributed by atoms with Gasteiger partial charge in [-0.15, -0.1) is 0 Å². The van der Waals surface area contributed by atoms with Crippen molar-refractivity contribution in [1.82, 2.24) is 4.98 Å². The minimum atomic E-state index is 0.118. The van der Waals surface area contributed by atoms with Crippen LogP contribution in [-0.2, 0) is 5.41 Å². The Balaban J connectivity index is 1.55. The topological polar surface area (TPSA) is 26.0 Å². The summed E-state index contributed by atoms with van der Waals surface area (Å²) in [7, 11) is 0. The fourth-order valence-corrected chi connectivity index (χ4v) is 4.48. The summed E-state index contributed by atoms with van der Waals surface area (Å²) in [5.74, 6) is 0.878. The summed E-state index contributed by atoms with van der Waals surface area (Å²) >= 11 is 0. The number of hydrogen-bond donors (Lipinski definition) is 0. The summed E-state index contributed by atoms with van der Waals surface area (Å²) in [4.78, 5) is 4.95. The van der Waals surface area contributed by atoms with Gasteiger partial charge in [0.25, 0.3) is 0 Å². The lowest BCUT2D eigenvalue weighted by atomic mass is 9.83. The highest BCUT2D eigenvalue weighted by molar-refractivity contribution is 5.84. The molecule has 0 aliphatic rings. The van der Waals surface area contributed by atoms with Crippen LogP contribution in [0, 0.1) is 13.8 Å². The molecule has 0 saturated heterocycles. The fraction of sp³-hybridized carbons (Fsp3) is 0.194. The van der Waals surface area contributed by atoms with Crippen molar-refractivity contribution in [1.29, 1.82) is 0 Å². The number of hydrogen-bond acceptors (Lipinski definition) is 2. The van der Waals surface area contributed by atoms with E-state index in [2.05, 4.69) is 101 Å². The molecule has 0 unspecified atom stereocenters. The number of rotatable bonds is 3. The molecule has 5 aromatic rings. The zero-order chi connectivity index (χ0) is 23.2. The molecule has 0 aliphatic heterocycles. The molecule has 2 heteroatoms. The zero-order valence-corrected chi connectivity index (χ0v) is 19.9. The molecule has 0 bridgehead atoms. The van der Waals surface area contributed by atoms with Crippen LogP contribution in [0.4, 0.5) is 0 Å². The smallest absolute Gasteiger partial charge is 0.153 e. The van der Waals surface area contributed by atoms with Crippen LogP contribution in [0.25, 0.3) is 44.8 Å². The van der Waals surface area contributed by atoms with Gasteiger partial charge in [0, 0.05) is 17.2 Å². The average molecular weight is 432 g/mol. The maximum absolute atomic E-state index is 6.26. The average Bonchev–Trinajstić information content (AvgIpc) is 3.21. The van der Waals surface area contributed by atoms with Crippen molar-refractivity contribution in [2.24, 2.45) is 0 Å². The Hall–Kier alpha value is -3.65. The van der Waals surface area contributed by atoms with E-state index in [9.17, 15) is 0 Å². The molecule has 2 heterocycles. The normalized spacial score (nSPS) is 11.8. The monoisotopic (exact) mass is 431 g/mol. The maximum atomic E-state index is 6.26. The Bertz CT molecular complexity index is 1430. The van der Waals surface area contributed by atoms with Gasteiger partial charge in [-0.2, -0.15) is 0 Å². The van der Waals surface area contributed by atoms with Crippen LogP contribution >= 0.6 is 0 Å². The van der Waals surface area contributed by atoms with Crippen LogP contribution in [-0.4, -0.2) is 4.98 Å². The first-order valence-electron chi connectivity index (χ1n) is 11.5. The van der Waals surface area contributed by atoms with Crippen molar-refractivity contribution < 1.29 is 4.42 Å². The zero-order valence-electron chi connectivity index (χ0n) is 19.9. The van der Waals surface area contributed by atoms with Gasteiger partial charge >= 0.3 is 0 Å². The largest absolute Gasteiger partial charge is 0.454 e. The molecule has 33 heavy (non-hydrogen) atoms. The van der Waals surface area contributed by atoms with Crippen LogP contribution in [0.3, 0.4) is 0 Å². The van der Waals surface area contributed by atoms with E-state index in [1.807, 2.05) is 18.2 Å². The fourth-order valence-electron chi connectivity index (χ4n) is 4.48. The number of pyridine rings is 1. The molecule has 164 valence electrons. The van der Waals surface area contributed by atoms with Crippen molar-refractivity contribution in [3.63, 3.8) is 0 Å². The second kappa shape index (κ2) is 8.04. The number of nitrogens with zero attached hydrogens (tertiary/aromatic N) is 1. The van der Waals surface area contributed by atoms with Crippen LogP contribution < -0.4 is 0 Å². The lowest BCUT2D eigenvalue weighted by Gasteiger charge is -2.21. The van der Waals surface area contributed by atoms with Gasteiger partial charge in [0.05, 0.1) is 5.69 Å². The molecule has 0 aliphatic carbocycles. The molecule has 0 saturated carbocycles. The summed E-state index contributed by atoms with van der Waals surface area (Å²) in [6.45, 7) is 11.1. The third kappa shape index (κ3) is 4.09. The van der Waals surface area contributed by atoms with Crippen LogP contribution in [0.2, 0.25) is 0 Å². The highest BCUT2D eigenvalue weighted by Crippen LogP contribution is 2.36. The van der Waals surface area contributed by atoms with Gasteiger partial charge in [0.1, 0.15) is 11.3 Å². The first-order chi connectivity index (χ1) is 15.8. The number of fused-ring (bicyclic) bond motifs is 1. The second-order valence-corrected chi connectivity index (χ2v) is 9.87. The molecule has 0 spiro atoms. The summed E-state index contributed by atoms with van der Waals surface area (Å²) < 4.78 is 6.26. The molecule has 0 amide bonds. The second-order valence-electron chi connectivity index (χ2n) is 9.87. The van der Waals surface area contributed by atoms with E-state index in [0.717, 1.165) is 33.7 Å². The molecular formula is C31H29NO. The Kier molecular flexibility index (Phi) is 5.17. The molecule has 0 atom stereocenters. The summed E-state index contributed by atoms with van der Waals surface area (Å²) in [5.41, 5.74) is 11.2. The third-order valence-electron chi connectivity index (χ3n) is 6.28. The predicted octanol–water partition coefficient (Wildman–Crippen LogP) is 8.74. The molecule has 2 aromatic heterocycles. The van der Waals surface area contributed by atoms with E-state index >= 15 is 0 Å². The Morgan fingerprint density at radius 2 is 1.33 bits per heavy atom. The number of furan rings is 1. The van der Waals surface area contributed by atoms with Gasteiger partial charge in [-0.3, -0.25) is 0 Å². The lowest BCUT2D eigenvalue weighted by molar-refractivity contribution is 0.588. The molecule has 0 radical (unpaired) electrons. The van der Waals surface area contributed by atoms with E-state index in [0.29, 0.717) is 0 Å². The van der Waals surface area contributed by atoms with E-state index < -0.39 is 0 Å². The van der Waals surface area contributed by atoms with Crippen molar-refractivity contribution in [3.05, 3.63) is 102 Å². The molecular weight excluding hydrogens is 402 g/mol. The van der Waals surface area contributed by atoms with Crippen molar-refractivity contribution in [2.45, 2.75) is 40.0 Å². The van der Waals surface area contributed by atoms with E-state index in [4.69, 9.17) is 9.40 Å². The molecule has 3 aromatic carbocycles. The lowest BCUT2D eigenvalue weighted by Crippen LogP contribution is -2.12. The Labute approximate surface area is 195 Å². The van der Waals surface area contributed by atoms with Gasteiger partial charge in [0.2, 0.25) is 0 Å². The summed E-state index contributed by atoms with van der Waals surface area (Å²) in [6, 6.07) is 29.7. The van der Waals surface area contributed by atoms with Gasteiger partial charge in [-0.05, 0) is 65.3 Å². The van der Waals surface area contributed by atoms with Crippen molar-refractivity contribution in [3.8, 4) is 33.7 Å². The van der Waals surface area contributed by atoms with E-state index in [-0.39, 0.29) is 5.41 Å². The Morgan fingerprint density at radius 3 is 2.03 bits per heavy atom. The third-order valence-corrected chi connectivity index (χ3v) is 6.28. The first-order valence-corrected chi connectivity index (χ1v) is 11.5. The Morgan fingerprint density at radius 1 is 0.667 bits per heavy atom. The highest BCUT2D eigenvalue weighted by atomic mass is 16.3. The van der Waals surface area contributed by atoms with Crippen LogP contribution in [0.15, 0.2) is 89.3 Å². The minimum absolute atomic E-state index is 0.118. The molecule has 0 N–H and O–H groups in total. The van der Waals surface area contributed by atoms with Crippen LogP contribution in [0.5, 0.6) is 0 Å². The van der Waals surface area contributed by atoms with Crippen molar-refractivity contribution >= 4 is 11.1 Å². The van der Waals surface area contributed by atoms with Gasteiger partial charge < -0.3 is 4.42 Å². The molecule has 5 rings (SSSR count). The first kappa shape index (κ1) is 21.2. The van der Waals surface area contributed by atoms with Gasteiger partial charge in [0.15, 0.2) is 5.58 Å². The number of aryl methyl sites for hydroxylation is 2. The standard InChI is InChI=1S/C31H29NO/c1-20-16-25(31(3,4)5)17-21(2)30(20)29-19-27-28(33-29)15-14-26(32-27)24-13-9-12-23(18-24)22-10-7-6-8-11-22/h6-19H,1-5H3. The summed E-state index contributed by atoms with van der Waals surface area (Å²) in [6.07, 6.45) is 0. The number of aromatic nitrogens is 1. The maximum Gasteiger partial charge on any atom is 0.153 e. The van der Waals surface area contributed by atoms with Crippen molar-refractivity contribution in [2.75, 3.05) is 0 Å². The molecule has 2 nitrogen and oxygen atoms in total. The number of benzene rings is 3. The van der Waals surface area contributed by atoms with E-state index in [1.54, 1.807) is 0 Å².